The van der Waals surface area contributed by atoms with Crippen molar-refractivity contribution in [3.05, 3.63) is 224 Å². The molecule has 0 aliphatic heterocycles. The highest BCUT2D eigenvalue weighted by Gasteiger charge is 2.19. The molecule has 0 atom stereocenters. The fourth-order valence-electron chi connectivity index (χ4n) is 8.68. The summed E-state index contributed by atoms with van der Waals surface area (Å²) < 4.78 is 6.58. The molecule has 0 unspecified atom stereocenters. The molecule has 0 amide bonds. The number of nitrogens with zero attached hydrogens (tertiary/aromatic N) is 1. The fraction of sp³-hybridized carbons (Fsp3) is 0. The van der Waals surface area contributed by atoms with Gasteiger partial charge in [-0.15, -0.1) is 0 Å². The van der Waals surface area contributed by atoms with Gasteiger partial charge < -0.3 is 9.32 Å². The molecule has 11 aromatic rings. The molecule has 0 saturated carbocycles. The Balaban J connectivity index is 1.03. The zero-order valence-corrected chi connectivity index (χ0v) is 31.7. The largest absolute Gasteiger partial charge is 0.455 e. The van der Waals surface area contributed by atoms with Crippen LogP contribution in [0, 0.1) is 0 Å². The second-order valence-electron chi connectivity index (χ2n) is 14.9. The molecule has 272 valence electrons. The molecular weight excluding hydrogens is 703 g/mol. The SMILES string of the molecule is c1ccc(-c2ccc(-c3ccc(N(c4ccc(-c5cccc6ccccc56)cc4)c4cccc5ccccc45)cc3)cc2-c2cccc3c2oc2ccccc23)cc1. The minimum absolute atomic E-state index is 0.900. The van der Waals surface area contributed by atoms with Gasteiger partial charge in [-0.05, 0) is 97.6 Å². The zero-order chi connectivity index (χ0) is 38.4. The van der Waals surface area contributed by atoms with E-state index in [4.69, 9.17) is 4.42 Å². The van der Waals surface area contributed by atoms with Crippen molar-refractivity contribution in [2.45, 2.75) is 0 Å². The maximum Gasteiger partial charge on any atom is 0.143 e. The van der Waals surface area contributed by atoms with Gasteiger partial charge in [-0.1, -0.05) is 182 Å². The van der Waals surface area contributed by atoms with E-state index in [0.717, 1.165) is 61.3 Å². The summed E-state index contributed by atoms with van der Waals surface area (Å²) in [6.07, 6.45) is 0. The highest BCUT2D eigenvalue weighted by atomic mass is 16.3. The van der Waals surface area contributed by atoms with E-state index < -0.39 is 0 Å². The molecule has 0 spiro atoms. The third-order valence-corrected chi connectivity index (χ3v) is 11.5. The maximum absolute atomic E-state index is 6.58. The monoisotopic (exact) mass is 739 g/mol. The number of hydrogen-bond acceptors (Lipinski definition) is 2. The molecule has 1 heterocycles. The molecule has 0 fully saturated rings. The Hall–Kier alpha value is -7.68. The Labute approximate surface area is 337 Å². The normalized spacial score (nSPS) is 11.4. The van der Waals surface area contributed by atoms with Gasteiger partial charge in [0.25, 0.3) is 0 Å². The Morgan fingerprint density at radius 2 is 0.828 bits per heavy atom. The van der Waals surface area contributed by atoms with E-state index in [2.05, 4.69) is 223 Å². The molecule has 0 aliphatic rings. The van der Waals surface area contributed by atoms with Gasteiger partial charge in [0.1, 0.15) is 11.2 Å². The molecule has 1 aromatic heterocycles. The summed E-state index contributed by atoms with van der Waals surface area (Å²) in [7, 11) is 0. The van der Waals surface area contributed by atoms with Crippen LogP contribution >= 0.6 is 0 Å². The van der Waals surface area contributed by atoms with E-state index in [1.54, 1.807) is 0 Å². The summed E-state index contributed by atoms with van der Waals surface area (Å²) in [5.41, 5.74) is 14.4. The van der Waals surface area contributed by atoms with Crippen molar-refractivity contribution in [3.8, 4) is 44.5 Å². The Morgan fingerprint density at radius 3 is 1.60 bits per heavy atom. The van der Waals surface area contributed by atoms with Gasteiger partial charge >= 0.3 is 0 Å². The van der Waals surface area contributed by atoms with Gasteiger partial charge in [0.15, 0.2) is 0 Å². The van der Waals surface area contributed by atoms with Gasteiger partial charge in [-0.25, -0.2) is 0 Å². The molecule has 0 N–H and O–H groups in total. The Kier molecular flexibility index (Phi) is 8.19. The molecule has 0 aliphatic carbocycles. The lowest BCUT2D eigenvalue weighted by Crippen LogP contribution is -2.10. The number of fused-ring (bicyclic) bond motifs is 5. The van der Waals surface area contributed by atoms with Crippen molar-refractivity contribution in [2.75, 3.05) is 4.90 Å². The van der Waals surface area contributed by atoms with Crippen LogP contribution < -0.4 is 4.90 Å². The number of hydrogen-bond donors (Lipinski definition) is 0. The average Bonchev–Trinajstić information content (AvgIpc) is 3.69. The van der Waals surface area contributed by atoms with Crippen molar-refractivity contribution in [3.63, 3.8) is 0 Å². The Bertz CT molecular complexity index is 3260. The van der Waals surface area contributed by atoms with Crippen LogP contribution in [0.3, 0.4) is 0 Å². The molecule has 10 aromatic carbocycles. The van der Waals surface area contributed by atoms with E-state index in [1.807, 2.05) is 6.07 Å². The van der Waals surface area contributed by atoms with Crippen LogP contribution in [0.2, 0.25) is 0 Å². The van der Waals surface area contributed by atoms with E-state index in [-0.39, 0.29) is 0 Å². The summed E-state index contributed by atoms with van der Waals surface area (Å²) in [6.45, 7) is 0. The average molecular weight is 740 g/mol. The van der Waals surface area contributed by atoms with Crippen molar-refractivity contribution >= 4 is 60.5 Å². The van der Waals surface area contributed by atoms with Crippen molar-refractivity contribution in [1.29, 1.82) is 0 Å². The molecular formula is C56H37NO. The molecule has 2 heteroatoms. The quantitative estimate of drug-likeness (QED) is 0.162. The first-order valence-electron chi connectivity index (χ1n) is 19.8. The predicted molar refractivity (Wildman–Crippen MR) is 245 cm³/mol. The highest BCUT2D eigenvalue weighted by molar-refractivity contribution is 6.11. The van der Waals surface area contributed by atoms with Gasteiger partial charge in [-0.2, -0.15) is 0 Å². The number of benzene rings is 10. The first-order valence-corrected chi connectivity index (χ1v) is 19.8. The standard InChI is InChI=1S/C56H37NO/c1-2-13-39(14-3-1)48-36-31-43(37-53(48)52-24-12-23-51-50-21-8-9-26-55(50)58-56(51)52)38-27-32-44(33-28-38)57(54-25-11-18-41-16-5-7-20-49(41)54)45-34-29-42(30-35-45)47-22-10-17-40-15-4-6-19-46(40)47/h1-37H. The van der Waals surface area contributed by atoms with Crippen LogP contribution in [0.5, 0.6) is 0 Å². The lowest BCUT2D eigenvalue weighted by Gasteiger charge is -2.27. The minimum atomic E-state index is 0.900. The second-order valence-corrected chi connectivity index (χ2v) is 14.9. The van der Waals surface area contributed by atoms with Crippen molar-refractivity contribution in [2.24, 2.45) is 0 Å². The van der Waals surface area contributed by atoms with E-state index in [1.165, 1.54) is 43.8 Å². The minimum Gasteiger partial charge on any atom is -0.455 e. The fourth-order valence-corrected chi connectivity index (χ4v) is 8.68. The molecule has 0 radical (unpaired) electrons. The molecule has 0 saturated heterocycles. The number of furan rings is 1. The van der Waals surface area contributed by atoms with Crippen LogP contribution in [-0.4, -0.2) is 0 Å². The smallest absolute Gasteiger partial charge is 0.143 e. The van der Waals surface area contributed by atoms with Crippen molar-refractivity contribution in [1.82, 2.24) is 0 Å². The van der Waals surface area contributed by atoms with Crippen LogP contribution in [0.4, 0.5) is 17.1 Å². The number of anilines is 3. The second kappa shape index (κ2) is 14.1. The third-order valence-electron chi connectivity index (χ3n) is 11.5. The number of para-hydroxylation sites is 2. The lowest BCUT2D eigenvalue weighted by atomic mass is 9.90. The molecule has 11 rings (SSSR count). The van der Waals surface area contributed by atoms with Crippen molar-refractivity contribution < 1.29 is 4.42 Å². The van der Waals surface area contributed by atoms with Crippen LogP contribution in [0.15, 0.2) is 229 Å². The summed E-state index contributed by atoms with van der Waals surface area (Å²) >= 11 is 0. The third kappa shape index (κ3) is 5.82. The molecule has 2 nitrogen and oxygen atoms in total. The molecule has 58 heavy (non-hydrogen) atoms. The van der Waals surface area contributed by atoms with E-state index >= 15 is 0 Å². The van der Waals surface area contributed by atoms with Gasteiger partial charge in [0.2, 0.25) is 0 Å². The zero-order valence-electron chi connectivity index (χ0n) is 31.7. The van der Waals surface area contributed by atoms with Gasteiger partial charge in [0.05, 0.1) is 5.69 Å². The first kappa shape index (κ1) is 33.6. The Morgan fingerprint density at radius 1 is 0.293 bits per heavy atom. The van der Waals surface area contributed by atoms with Gasteiger partial charge in [0, 0.05) is 33.1 Å². The summed E-state index contributed by atoms with van der Waals surface area (Å²) in [6, 6.07) is 80.6. The summed E-state index contributed by atoms with van der Waals surface area (Å²) in [4.78, 5) is 2.38. The summed E-state index contributed by atoms with van der Waals surface area (Å²) in [5, 5.41) is 7.17. The number of rotatable bonds is 7. The van der Waals surface area contributed by atoms with Crippen LogP contribution in [0.25, 0.3) is 88.0 Å². The summed E-state index contributed by atoms with van der Waals surface area (Å²) in [5.74, 6) is 0. The van der Waals surface area contributed by atoms with Gasteiger partial charge in [-0.3, -0.25) is 0 Å². The maximum atomic E-state index is 6.58. The topological polar surface area (TPSA) is 16.4 Å². The molecule has 0 bridgehead atoms. The highest BCUT2D eigenvalue weighted by Crippen LogP contribution is 2.44. The first-order chi connectivity index (χ1) is 28.8. The van der Waals surface area contributed by atoms with Crippen LogP contribution in [-0.2, 0) is 0 Å². The van der Waals surface area contributed by atoms with Crippen LogP contribution in [0.1, 0.15) is 0 Å². The van der Waals surface area contributed by atoms with E-state index in [9.17, 15) is 0 Å². The van der Waals surface area contributed by atoms with E-state index in [0.29, 0.717) is 0 Å². The lowest BCUT2D eigenvalue weighted by molar-refractivity contribution is 0.670. The predicted octanol–water partition coefficient (Wildman–Crippen LogP) is 16.0.